The number of aryl methyl sites for hydroxylation is 1. The second-order valence-corrected chi connectivity index (χ2v) is 6.80. The van der Waals surface area contributed by atoms with Crippen LogP contribution in [-0.2, 0) is 11.3 Å². The van der Waals surface area contributed by atoms with Crippen LogP contribution in [0.3, 0.4) is 0 Å². The van der Waals surface area contributed by atoms with E-state index in [2.05, 4.69) is 20.6 Å². The van der Waals surface area contributed by atoms with Crippen molar-refractivity contribution in [3.05, 3.63) is 71.0 Å². The molecule has 0 saturated carbocycles. The Hall–Kier alpha value is -3.39. The van der Waals surface area contributed by atoms with Gasteiger partial charge in [0.2, 0.25) is 16.5 Å². The largest absolute Gasteiger partial charge is 0.300 e. The van der Waals surface area contributed by atoms with Crippen molar-refractivity contribution in [3.63, 3.8) is 0 Å². The van der Waals surface area contributed by atoms with Gasteiger partial charge in [0.05, 0.1) is 18.3 Å². The summed E-state index contributed by atoms with van der Waals surface area (Å²) in [4.78, 5) is 24.1. The van der Waals surface area contributed by atoms with Crippen molar-refractivity contribution in [3.8, 4) is 10.6 Å². The summed E-state index contributed by atoms with van der Waals surface area (Å²) in [5.41, 5.74) is 1.54. The number of hydrogen-bond donors (Lipinski definition) is 1. The lowest BCUT2D eigenvalue weighted by Crippen LogP contribution is -2.17. The lowest BCUT2D eigenvalue weighted by atomic mass is 10.2. The molecule has 0 fully saturated rings. The quantitative estimate of drug-likeness (QED) is 0.577. The Bertz CT molecular complexity index is 1150. The first-order chi connectivity index (χ1) is 13.2. The van der Waals surface area contributed by atoms with Crippen molar-refractivity contribution in [1.29, 1.82) is 0 Å². The van der Waals surface area contributed by atoms with Crippen LogP contribution < -0.4 is 10.7 Å². The fourth-order valence-electron chi connectivity index (χ4n) is 2.70. The number of rotatable bonds is 5. The van der Waals surface area contributed by atoms with Crippen LogP contribution in [0.25, 0.3) is 21.5 Å². The van der Waals surface area contributed by atoms with E-state index >= 15 is 0 Å². The number of aromatic nitrogens is 4. The molecule has 0 aliphatic heterocycles. The molecule has 4 aromatic rings. The number of benzene rings is 2. The van der Waals surface area contributed by atoms with Crippen LogP contribution in [0.1, 0.15) is 6.42 Å². The second-order valence-electron chi connectivity index (χ2n) is 5.83. The topological polar surface area (TPSA) is 89.8 Å². The molecule has 8 heteroatoms. The number of nitrogens with one attached hydrogen (secondary N) is 1. The molecule has 2 heterocycles. The number of amides is 1. The zero-order valence-electron chi connectivity index (χ0n) is 14.2. The van der Waals surface area contributed by atoms with Gasteiger partial charge in [0.1, 0.15) is 5.01 Å². The molecule has 7 nitrogen and oxygen atoms in total. The molecule has 27 heavy (non-hydrogen) atoms. The molecular formula is C19H15N5O2S. The third kappa shape index (κ3) is 3.75. The summed E-state index contributed by atoms with van der Waals surface area (Å²) >= 11 is 1.32. The normalized spacial score (nSPS) is 10.8. The lowest BCUT2D eigenvalue weighted by Gasteiger charge is -2.08. The third-order valence-corrected chi connectivity index (χ3v) is 4.89. The number of carbonyl (C=O) groups is 1. The van der Waals surface area contributed by atoms with Gasteiger partial charge in [-0.2, -0.15) is 5.10 Å². The van der Waals surface area contributed by atoms with Gasteiger partial charge in [-0.25, -0.2) is 0 Å². The molecule has 0 aliphatic rings. The third-order valence-electron chi connectivity index (χ3n) is 4.00. The maximum absolute atomic E-state index is 12.3. The Labute approximate surface area is 158 Å². The Balaban J connectivity index is 1.43. The van der Waals surface area contributed by atoms with Crippen molar-refractivity contribution in [2.45, 2.75) is 13.0 Å². The minimum Gasteiger partial charge on any atom is -0.300 e. The van der Waals surface area contributed by atoms with Crippen LogP contribution in [-0.4, -0.2) is 25.9 Å². The van der Waals surface area contributed by atoms with Gasteiger partial charge >= 0.3 is 0 Å². The van der Waals surface area contributed by atoms with Gasteiger partial charge in [-0.05, 0) is 12.1 Å². The van der Waals surface area contributed by atoms with Crippen LogP contribution in [0.15, 0.2) is 65.6 Å². The minimum atomic E-state index is -0.185. The molecule has 0 unspecified atom stereocenters. The molecule has 0 saturated heterocycles. The summed E-state index contributed by atoms with van der Waals surface area (Å²) in [7, 11) is 0. The molecule has 2 aromatic carbocycles. The van der Waals surface area contributed by atoms with E-state index in [1.54, 1.807) is 16.8 Å². The van der Waals surface area contributed by atoms with E-state index in [-0.39, 0.29) is 17.8 Å². The van der Waals surface area contributed by atoms with E-state index in [1.165, 1.54) is 17.5 Å². The standard InChI is InChI=1S/C19H15N5O2S/c25-16-12-20-24(15-9-5-4-8-14(15)16)11-10-17(26)21-19-23-22-18(27-19)13-6-2-1-3-7-13/h1-9,12H,10-11H2,(H,21,23,26). The Morgan fingerprint density at radius 3 is 2.67 bits per heavy atom. The summed E-state index contributed by atoms with van der Waals surface area (Å²) in [6.45, 7) is 0.358. The highest BCUT2D eigenvalue weighted by atomic mass is 32.1. The summed E-state index contributed by atoms with van der Waals surface area (Å²) in [5, 5.41) is 16.8. The van der Waals surface area contributed by atoms with E-state index in [1.807, 2.05) is 42.5 Å². The monoisotopic (exact) mass is 377 g/mol. The van der Waals surface area contributed by atoms with Crippen molar-refractivity contribution in [2.75, 3.05) is 5.32 Å². The molecule has 0 spiro atoms. The van der Waals surface area contributed by atoms with Crippen LogP contribution >= 0.6 is 11.3 Å². The van der Waals surface area contributed by atoms with E-state index in [9.17, 15) is 9.59 Å². The minimum absolute atomic E-state index is 0.131. The average molecular weight is 377 g/mol. The predicted octanol–water partition coefficient (Wildman–Crippen LogP) is 2.94. The number of fused-ring (bicyclic) bond motifs is 1. The first kappa shape index (κ1) is 17.0. The van der Waals surface area contributed by atoms with Crippen LogP contribution in [0.2, 0.25) is 0 Å². The Kier molecular flexibility index (Phi) is 4.71. The molecule has 134 valence electrons. The molecule has 0 atom stereocenters. The molecule has 0 bridgehead atoms. The fraction of sp³-hybridized carbons (Fsp3) is 0.105. The number of para-hydroxylation sites is 1. The number of carbonyl (C=O) groups excluding carboxylic acids is 1. The molecular weight excluding hydrogens is 362 g/mol. The number of hydrogen-bond acceptors (Lipinski definition) is 6. The zero-order chi connectivity index (χ0) is 18.6. The number of anilines is 1. The maximum Gasteiger partial charge on any atom is 0.228 e. The SMILES string of the molecule is O=C(CCn1ncc(=O)c2ccccc21)Nc1nnc(-c2ccccc2)s1. The summed E-state index contributed by atoms with van der Waals surface area (Å²) in [6, 6.07) is 16.9. The zero-order valence-corrected chi connectivity index (χ0v) is 15.0. The molecule has 2 aromatic heterocycles. The van der Waals surface area contributed by atoms with Gasteiger partial charge in [-0.15, -0.1) is 10.2 Å². The van der Waals surface area contributed by atoms with E-state index in [4.69, 9.17) is 0 Å². The van der Waals surface area contributed by atoms with Gasteiger partial charge in [0, 0.05) is 17.4 Å². The van der Waals surface area contributed by atoms with E-state index < -0.39 is 0 Å². The van der Waals surface area contributed by atoms with Gasteiger partial charge < -0.3 is 5.32 Å². The van der Waals surface area contributed by atoms with Crippen LogP contribution in [0.5, 0.6) is 0 Å². The van der Waals surface area contributed by atoms with Crippen molar-refractivity contribution in [2.24, 2.45) is 0 Å². The first-order valence-corrected chi connectivity index (χ1v) is 9.16. The van der Waals surface area contributed by atoms with Gasteiger partial charge in [-0.3, -0.25) is 14.3 Å². The van der Waals surface area contributed by atoms with Gasteiger partial charge in [0.25, 0.3) is 0 Å². The highest BCUT2D eigenvalue weighted by Crippen LogP contribution is 2.25. The summed E-state index contributed by atoms with van der Waals surface area (Å²) < 4.78 is 1.66. The summed E-state index contributed by atoms with van der Waals surface area (Å²) in [6.07, 6.45) is 1.48. The molecule has 1 N–H and O–H groups in total. The summed E-state index contributed by atoms with van der Waals surface area (Å²) in [5.74, 6) is -0.185. The van der Waals surface area contributed by atoms with Crippen molar-refractivity contribution >= 4 is 33.3 Å². The highest BCUT2D eigenvalue weighted by molar-refractivity contribution is 7.18. The van der Waals surface area contributed by atoms with Crippen LogP contribution in [0.4, 0.5) is 5.13 Å². The van der Waals surface area contributed by atoms with Crippen molar-refractivity contribution < 1.29 is 4.79 Å². The van der Waals surface area contributed by atoms with E-state index in [0.717, 1.165) is 10.6 Å². The molecule has 0 aliphatic carbocycles. The van der Waals surface area contributed by atoms with Crippen LogP contribution in [0, 0.1) is 0 Å². The first-order valence-electron chi connectivity index (χ1n) is 8.34. The van der Waals surface area contributed by atoms with E-state index in [0.29, 0.717) is 22.6 Å². The van der Waals surface area contributed by atoms with Crippen molar-refractivity contribution in [1.82, 2.24) is 20.0 Å². The maximum atomic E-state index is 12.3. The lowest BCUT2D eigenvalue weighted by molar-refractivity contribution is -0.116. The number of nitrogens with zero attached hydrogens (tertiary/aromatic N) is 4. The second kappa shape index (κ2) is 7.46. The Morgan fingerprint density at radius 2 is 1.81 bits per heavy atom. The van der Waals surface area contributed by atoms with Gasteiger partial charge in [-0.1, -0.05) is 53.8 Å². The molecule has 0 radical (unpaired) electrons. The van der Waals surface area contributed by atoms with Gasteiger partial charge in [0.15, 0.2) is 0 Å². The predicted molar refractivity (Wildman–Crippen MR) is 105 cm³/mol. The molecule has 4 rings (SSSR count). The average Bonchev–Trinajstić information content (AvgIpc) is 3.17. The molecule has 1 amide bonds. The Morgan fingerprint density at radius 1 is 1.04 bits per heavy atom. The fourth-order valence-corrected chi connectivity index (χ4v) is 3.46. The highest BCUT2D eigenvalue weighted by Gasteiger charge is 2.11. The smallest absolute Gasteiger partial charge is 0.228 e.